The van der Waals surface area contributed by atoms with Crippen LogP contribution >= 0.6 is 0 Å². The summed E-state index contributed by atoms with van der Waals surface area (Å²) in [5, 5.41) is 0.344. The number of carbonyl (C=O) groups is 1. The third kappa shape index (κ3) is 4.20. The normalized spacial score (nSPS) is 23.1. The Morgan fingerprint density at radius 2 is 1.97 bits per heavy atom. The average Bonchev–Trinajstić information content (AvgIpc) is 3.48. The highest BCUT2D eigenvalue weighted by Crippen LogP contribution is 2.39. The van der Waals surface area contributed by atoms with Gasteiger partial charge in [0, 0.05) is 30.1 Å². The van der Waals surface area contributed by atoms with Crippen molar-refractivity contribution >= 4 is 16.8 Å². The van der Waals surface area contributed by atoms with Crippen LogP contribution in [0.4, 0.5) is 13.2 Å². The van der Waals surface area contributed by atoms with E-state index in [0.717, 1.165) is 25.3 Å². The Morgan fingerprint density at radius 1 is 1.19 bits per heavy atom. The van der Waals surface area contributed by atoms with Crippen LogP contribution in [0, 0.1) is 11.8 Å². The Bertz CT molecular complexity index is 1310. The maximum Gasteiger partial charge on any atom is 0.433 e. The summed E-state index contributed by atoms with van der Waals surface area (Å²) in [7, 11) is 1.35. The molecule has 2 aliphatic rings. The highest BCUT2D eigenvalue weighted by molar-refractivity contribution is 5.98. The van der Waals surface area contributed by atoms with Crippen LogP contribution in [0.1, 0.15) is 54.2 Å². The third-order valence-electron chi connectivity index (χ3n) is 7.27. The lowest BCUT2D eigenvalue weighted by molar-refractivity contribution is -0.140. The van der Waals surface area contributed by atoms with E-state index in [1.54, 1.807) is 17.9 Å². The van der Waals surface area contributed by atoms with Gasteiger partial charge in [-0.3, -0.25) is 4.79 Å². The first-order valence-electron chi connectivity index (χ1n) is 11.9. The van der Waals surface area contributed by atoms with E-state index in [-0.39, 0.29) is 46.5 Å². The number of nitrogens with zero attached hydrogens (tertiary/aromatic N) is 3. The van der Waals surface area contributed by atoms with Crippen molar-refractivity contribution in [2.24, 2.45) is 23.3 Å². The van der Waals surface area contributed by atoms with Gasteiger partial charge >= 0.3 is 6.18 Å². The molecule has 1 saturated carbocycles. The molecule has 2 aromatic heterocycles. The van der Waals surface area contributed by atoms with E-state index < -0.39 is 17.9 Å². The number of ether oxygens (including phenoxy) is 1. The van der Waals surface area contributed by atoms with Crippen LogP contribution in [0.25, 0.3) is 22.4 Å². The van der Waals surface area contributed by atoms with E-state index in [0.29, 0.717) is 30.0 Å². The highest BCUT2D eigenvalue weighted by Gasteiger charge is 2.42. The van der Waals surface area contributed by atoms with E-state index in [1.165, 1.54) is 19.2 Å². The van der Waals surface area contributed by atoms with Crippen molar-refractivity contribution in [3.63, 3.8) is 0 Å². The van der Waals surface area contributed by atoms with E-state index in [1.807, 2.05) is 0 Å². The van der Waals surface area contributed by atoms with Gasteiger partial charge in [0.25, 0.3) is 5.91 Å². The minimum Gasteiger partial charge on any atom is -0.494 e. The van der Waals surface area contributed by atoms with Crippen LogP contribution in [-0.2, 0) is 6.18 Å². The van der Waals surface area contributed by atoms with Crippen molar-refractivity contribution in [1.29, 1.82) is 0 Å². The molecule has 3 heterocycles. The smallest absolute Gasteiger partial charge is 0.433 e. The number of fused-ring (bicyclic) bond motifs is 2. The molecule has 36 heavy (non-hydrogen) atoms. The zero-order chi connectivity index (χ0) is 25.8. The standard InChI is InChI=1S/C25H28F3N5O3/c1-12(29)22-21(24(34)33-10-13-4-3-5-17(30)16(13)11-33)32-23(36-22)15-6-8-18(35-2)20-14(15)7-9-19(31-20)25(26,27)28/h6-9,12-13,16-17H,3-5,10-11,29-30H2,1-2H3/t12-,13?,16?,17?/m0/s1. The number of benzene rings is 1. The molecule has 1 aromatic carbocycles. The van der Waals surface area contributed by atoms with Gasteiger partial charge in [-0.15, -0.1) is 0 Å². The second-order valence-corrected chi connectivity index (χ2v) is 9.66. The molecule has 0 spiro atoms. The summed E-state index contributed by atoms with van der Waals surface area (Å²) in [6.45, 7) is 2.85. The van der Waals surface area contributed by atoms with Crippen molar-refractivity contribution in [3.8, 4) is 17.2 Å². The van der Waals surface area contributed by atoms with Gasteiger partial charge < -0.3 is 25.5 Å². The molecule has 1 aliphatic heterocycles. The number of halogens is 3. The zero-order valence-corrected chi connectivity index (χ0v) is 20.0. The predicted molar refractivity (Wildman–Crippen MR) is 126 cm³/mol. The van der Waals surface area contributed by atoms with E-state index in [2.05, 4.69) is 9.97 Å². The number of carbonyl (C=O) groups excluding carboxylic acids is 1. The minimum absolute atomic E-state index is 0.0101. The summed E-state index contributed by atoms with van der Waals surface area (Å²) in [6, 6.07) is 4.74. The summed E-state index contributed by atoms with van der Waals surface area (Å²) in [5.41, 5.74) is 11.9. The minimum atomic E-state index is -4.62. The molecule has 3 unspecified atom stereocenters. The number of methoxy groups -OCH3 is 1. The van der Waals surface area contributed by atoms with Crippen LogP contribution in [0.5, 0.6) is 5.75 Å². The summed E-state index contributed by atoms with van der Waals surface area (Å²) in [5.74, 6) is 0.807. The summed E-state index contributed by atoms with van der Waals surface area (Å²) >= 11 is 0. The molecule has 2 fully saturated rings. The molecule has 3 aromatic rings. The maximum absolute atomic E-state index is 13.5. The predicted octanol–water partition coefficient (Wildman–Crippen LogP) is 4.14. The molecule has 192 valence electrons. The van der Waals surface area contributed by atoms with Gasteiger partial charge in [-0.05, 0) is 55.9 Å². The topological polar surface area (TPSA) is 120 Å². The van der Waals surface area contributed by atoms with E-state index in [9.17, 15) is 18.0 Å². The fraction of sp³-hybridized carbons (Fsp3) is 0.480. The van der Waals surface area contributed by atoms with Crippen LogP contribution in [0.2, 0.25) is 0 Å². The summed E-state index contributed by atoms with van der Waals surface area (Å²) < 4.78 is 51.1. The monoisotopic (exact) mass is 503 g/mol. The Balaban J connectivity index is 1.55. The fourth-order valence-electron chi connectivity index (χ4n) is 5.44. The van der Waals surface area contributed by atoms with Gasteiger partial charge in [0.15, 0.2) is 11.5 Å². The molecule has 11 heteroatoms. The largest absolute Gasteiger partial charge is 0.494 e. The van der Waals surface area contributed by atoms with Crippen molar-refractivity contribution in [3.05, 3.63) is 41.4 Å². The number of likely N-dealkylation sites (tertiary alicyclic amines) is 1. The van der Waals surface area contributed by atoms with Gasteiger partial charge in [0.1, 0.15) is 17.0 Å². The lowest BCUT2D eigenvalue weighted by atomic mass is 9.78. The number of rotatable bonds is 4. The number of nitrogens with two attached hydrogens (primary N) is 2. The molecule has 4 N–H and O–H groups in total. The quantitative estimate of drug-likeness (QED) is 0.549. The van der Waals surface area contributed by atoms with E-state index in [4.69, 9.17) is 20.6 Å². The first-order chi connectivity index (χ1) is 17.1. The van der Waals surface area contributed by atoms with E-state index >= 15 is 0 Å². The van der Waals surface area contributed by atoms with Gasteiger partial charge in [0.05, 0.1) is 13.2 Å². The average molecular weight is 504 g/mol. The Labute approximate surface area is 205 Å². The molecule has 1 saturated heterocycles. The lowest BCUT2D eigenvalue weighted by Gasteiger charge is -2.29. The van der Waals surface area contributed by atoms with Gasteiger partial charge in [-0.2, -0.15) is 13.2 Å². The molecule has 1 amide bonds. The number of hydrogen-bond acceptors (Lipinski definition) is 7. The van der Waals surface area contributed by atoms with Crippen molar-refractivity contribution in [2.45, 2.75) is 44.4 Å². The Kier molecular flexibility index (Phi) is 6.16. The maximum atomic E-state index is 13.5. The van der Waals surface area contributed by atoms with Gasteiger partial charge in [-0.25, -0.2) is 9.97 Å². The van der Waals surface area contributed by atoms with Crippen LogP contribution < -0.4 is 16.2 Å². The van der Waals surface area contributed by atoms with Crippen LogP contribution in [0.3, 0.4) is 0 Å². The SMILES string of the molecule is COc1ccc(-c2nc(C(=O)N3CC4CCCC(N)C4C3)c([C@H](C)N)o2)c2ccc(C(F)(F)F)nc12. The Morgan fingerprint density at radius 3 is 2.64 bits per heavy atom. The number of oxazole rings is 1. The second kappa shape index (κ2) is 9.04. The molecule has 0 radical (unpaired) electrons. The molecule has 1 aliphatic carbocycles. The first-order valence-corrected chi connectivity index (χ1v) is 11.9. The third-order valence-corrected chi connectivity index (χ3v) is 7.27. The fourth-order valence-corrected chi connectivity index (χ4v) is 5.44. The molecule has 4 atom stereocenters. The number of aromatic nitrogens is 2. The molecule has 8 nitrogen and oxygen atoms in total. The second-order valence-electron chi connectivity index (χ2n) is 9.66. The lowest BCUT2D eigenvalue weighted by Crippen LogP contribution is -2.38. The first kappa shape index (κ1) is 24.5. The zero-order valence-electron chi connectivity index (χ0n) is 20.0. The number of hydrogen-bond donors (Lipinski definition) is 2. The van der Waals surface area contributed by atoms with Crippen LogP contribution in [0.15, 0.2) is 28.7 Å². The van der Waals surface area contributed by atoms with Gasteiger partial charge in [0.2, 0.25) is 5.89 Å². The van der Waals surface area contributed by atoms with Gasteiger partial charge in [-0.1, -0.05) is 6.42 Å². The molecular formula is C25H28F3N5O3. The number of alkyl halides is 3. The summed E-state index contributed by atoms with van der Waals surface area (Å²) in [6.07, 6.45) is -1.57. The van der Waals surface area contributed by atoms with Crippen molar-refractivity contribution in [2.75, 3.05) is 20.2 Å². The highest BCUT2D eigenvalue weighted by atomic mass is 19.4. The molecule has 0 bridgehead atoms. The summed E-state index contributed by atoms with van der Waals surface area (Å²) in [4.78, 5) is 23.6. The molecular weight excluding hydrogens is 475 g/mol. The van der Waals surface area contributed by atoms with Crippen molar-refractivity contribution < 1.29 is 27.1 Å². The number of pyridine rings is 1. The Hall–Kier alpha value is -3.18. The van der Waals surface area contributed by atoms with Crippen molar-refractivity contribution in [1.82, 2.24) is 14.9 Å². The number of amides is 1. The van der Waals surface area contributed by atoms with Crippen LogP contribution in [-0.4, -0.2) is 47.0 Å². The molecule has 5 rings (SSSR count).